The van der Waals surface area contributed by atoms with Gasteiger partial charge in [-0.3, -0.25) is 19.2 Å². The maximum atomic E-state index is 13.4. The molecule has 0 saturated heterocycles. The highest BCUT2D eigenvalue weighted by Crippen LogP contribution is 2.73. The van der Waals surface area contributed by atoms with Crippen LogP contribution in [0.1, 0.15) is 48.9 Å². The molecule has 4 aliphatic rings. The Balaban J connectivity index is 1.74. The molecule has 0 unspecified atom stereocenters. The smallest absolute Gasteiger partial charge is 0.471 e. The Kier molecular flexibility index (Phi) is 9.61. The van der Waals surface area contributed by atoms with Crippen LogP contribution in [0.25, 0.3) is 0 Å². The van der Waals surface area contributed by atoms with E-state index in [2.05, 4.69) is 5.32 Å². The van der Waals surface area contributed by atoms with Gasteiger partial charge >= 0.3 is 36.3 Å². The molecule has 1 aromatic carbocycles. The molecular weight excluding hydrogens is 671 g/mol. The number of amides is 4. The summed E-state index contributed by atoms with van der Waals surface area (Å²) in [5.41, 5.74) is -5.14. The Morgan fingerprint density at radius 3 is 1.21 bits per heavy atom. The van der Waals surface area contributed by atoms with Gasteiger partial charge in [0.15, 0.2) is 11.5 Å². The van der Waals surface area contributed by atoms with Gasteiger partial charge in [-0.1, -0.05) is 6.07 Å². The highest BCUT2D eigenvalue weighted by molar-refractivity contribution is 5.97. The number of halogens is 9. The third-order valence-corrected chi connectivity index (χ3v) is 9.42. The first-order valence-electron chi connectivity index (χ1n) is 14.6. The van der Waals surface area contributed by atoms with Crippen molar-refractivity contribution >= 4 is 23.6 Å². The van der Waals surface area contributed by atoms with Gasteiger partial charge in [0.05, 0.1) is 19.8 Å². The molecule has 19 heteroatoms. The summed E-state index contributed by atoms with van der Waals surface area (Å²) in [5.74, 6) is -7.33. The Hall–Kier alpha value is -3.93. The van der Waals surface area contributed by atoms with E-state index in [1.165, 1.54) is 32.4 Å². The lowest BCUT2D eigenvalue weighted by Gasteiger charge is -2.71. The summed E-state index contributed by atoms with van der Waals surface area (Å²) < 4.78 is 129. The zero-order chi connectivity index (χ0) is 36.0. The van der Waals surface area contributed by atoms with Crippen molar-refractivity contribution in [2.75, 3.05) is 40.4 Å². The molecule has 4 amide bonds. The topological polar surface area (TPSA) is 135 Å². The van der Waals surface area contributed by atoms with Crippen molar-refractivity contribution in [1.29, 1.82) is 0 Å². The maximum absolute atomic E-state index is 13.4. The fraction of sp³-hybridized carbons (Fsp3) is 0.655. The van der Waals surface area contributed by atoms with Crippen LogP contribution in [0.5, 0.6) is 11.5 Å². The molecule has 48 heavy (non-hydrogen) atoms. The van der Waals surface area contributed by atoms with Crippen molar-refractivity contribution in [3.05, 3.63) is 23.8 Å². The van der Waals surface area contributed by atoms with Gasteiger partial charge in [-0.25, -0.2) is 0 Å². The minimum absolute atomic E-state index is 0.0115. The fourth-order valence-electron chi connectivity index (χ4n) is 8.81. The van der Waals surface area contributed by atoms with Gasteiger partial charge in [0.2, 0.25) is 0 Å². The molecule has 4 bridgehead atoms. The summed E-state index contributed by atoms with van der Waals surface area (Å²) in [5, 5.41) is 8.16. The van der Waals surface area contributed by atoms with Gasteiger partial charge in [0.1, 0.15) is 0 Å². The number of hydrogen-bond donors (Lipinski definition) is 4. The van der Waals surface area contributed by atoms with Crippen LogP contribution in [0.15, 0.2) is 18.2 Å². The lowest BCUT2D eigenvalue weighted by atomic mass is 9.35. The Morgan fingerprint density at radius 1 is 0.583 bits per heavy atom. The summed E-state index contributed by atoms with van der Waals surface area (Å²) in [6.07, 6.45) is -16.2. The largest absolute Gasteiger partial charge is 0.493 e. The molecule has 10 nitrogen and oxygen atoms in total. The minimum atomic E-state index is -5.29. The number of carbonyl (C=O) groups excluding carboxylic acids is 4. The zero-order valence-corrected chi connectivity index (χ0v) is 25.7. The number of rotatable bonds is 11. The normalized spacial score (nSPS) is 28.0. The monoisotopic (exact) mass is 704 g/mol. The first-order valence-corrected chi connectivity index (χ1v) is 14.6. The van der Waals surface area contributed by atoms with Gasteiger partial charge < -0.3 is 30.7 Å². The second-order valence-electron chi connectivity index (χ2n) is 13.3. The summed E-state index contributed by atoms with van der Waals surface area (Å²) in [6.45, 7) is -2.22. The number of alkyl halides is 9. The number of ether oxygens (including phenoxy) is 2. The zero-order valence-electron chi connectivity index (χ0n) is 25.7. The summed E-state index contributed by atoms with van der Waals surface area (Å²) in [7, 11) is 2.62. The molecule has 268 valence electrons. The summed E-state index contributed by atoms with van der Waals surface area (Å²) in [4.78, 5) is 49.0. The predicted molar refractivity (Wildman–Crippen MR) is 147 cm³/mol. The van der Waals surface area contributed by atoms with E-state index in [0.717, 1.165) is 0 Å². The molecule has 4 N–H and O–H groups in total. The van der Waals surface area contributed by atoms with Crippen molar-refractivity contribution in [3.8, 4) is 11.5 Å². The van der Waals surface area contributed by atoms with Crippen LogP contribution in [0.3, 0.4) is 0 Å². The van der Waals surface area contributed by atoms with Crippen molar-refractivity contribution in [2.24, 2.45) is 21.7 Å². The van der Waals surface area contributed by atoms with Crippen LogP contribution < -0.4 is 30.7 Å². The molecule has 1 aromatic rings. The van der Waals surface area contributed by atoms with Gasteiger partial charge in [-0.05, 0) is 72.3 Å². The van der Waals surface area contributed by atoms with Crippen LogP contribution in [-0.4, -0.2) is 82.6 Å². The molecule has 5 rings (SSSR count). The molecule has 4 aliphatic carbocycles. The Labute approximate surface area is 267 Å². The van der Waals surface area contributed by atoms with E-state index in [1.807, 2.05) is 16.0 Å². The third kappa shape index (κ3) is 7.69. The maximum Gasteiger partial charge on any atom is 0.471 e. The molecule has 0 radical (unpaired) electrons. The predicted octanol–water partition coefficient (Wildman–Crippen LogP) is 3.80. The number of para-hydroxylation sites is 1. The average Bonchev–Trinajstić information content (AvgIpc) is 2.97. The Bertz CT molecular complexity index is 1330. The van der Waals surface area contributed by atoms with E-state index in [0.29, 0.717) is 0 Å². The SMILES string of the molecule is COc1cccc(C(=O)NCC23CC4(CNC(=O)C(F)(F)F)CC(CNC(=O)C(F)(F)F)(C2)CC(CNC(=O)C(F)(F)F)(C3)C4)c1OC. The standard InChI is InChI=1S/C29H33F9N4O6/c1-47-17-5-3-4-16(18(17)48-2)19(43)39-12-23-6-24(13-40-20(44)27(30,31)32)9-25(7-23,14-41-21(45)28(33,34)35)11-26(8-23,10-24)15-42-22(46)29(36,37)38/h3-5H,6-15H2,1-2H3,(H,39,43)(H,40,44)(H,41,45)(H,42,46). The highest BCUT2D eigenvalue weighted by atomic mass is 19.4. The first-order chi connectivity index (χ1) is 22.0. The number of benzene rings is 1. The molecular formula is C29H33F9N4O6. The third-order valence-electron chi connectivity index (χ3n) is 9.42. The van der Waals surface area contributed by atoms with E-state index in [4.69, 9.17) is 9.47 Å². The number of methoxy groups -OCH3 is 2. The molecule has 0 spiro atoms. The van der Waals surface area contributed by atoms with E-state index in [1.54, 1.807) is 0 Å². The van der Waals surface area contributed by atoms with Crippen LogP contribution >= 0.6 is 0 Å². The van der Waals surface area contributed by atoms with Crippen LogP contribution in [0.2, 0.25) is 0 Å². The number of nitrogens with one attached hydrogen (secondary N) is 4. The first kappa shape index (κ1) is 36.9. The number of carbonyl (C=O) groups is 4. The van der Waals surface area contributed by atoms with Gasteiger partial charge in [0.25, 0.3) is 5.91 Å². The molecule has 4 saturated carbocycles. The van der Waals surface area contributed by atoms with Crippen molar-refractivity contribution in [1.82, 2.24) is 21.3 Å². The van der Waals surface area contributed by atoms with Gasteiger partial charge in [-0.2, -0.15) is 39.5 Å². The average molecular weight is 705 g/mol. The van der Waals surface area contributed by atoms with E-state index in [-0.39, 0.29) is 62.1 Å². The fourth-order valence-corrected chi connectivity index (χ4v) is 8.81. The second kappa shape index (κ2) is 12.5. The van der Waals surface area contributed by atoms with Gasteiger partial charge in [-0.15, -0.1) is 0 Å². The molecule has 0 heterocycles. The molecule has 0 aromatic heterocycles. The summed E-state index contributed by atoms with van der Waals surface area (Å²) in [6, 6.07) is 4.43. The summed E-state index contributed by atoms with van der Waals surface area (Å²) >= 11 is 0. The van der Waals surface area contributed by atoms with Crippen LogP contribution in [0.4, 0.5) is 39.5 Å². The van der Waals surface area contributed by atoms with Crippen molar-refractivity contribution < 1.29 is 68.2 Å². The van der Waals surface area contributed by atoms with Crippen molar-refractivity contribution in [2.45, 2.75) is 57.1 Å². The van der Waals surface area contributed by atoms with Crippen LogP contribution in [0, 0.1) is 21.7 Å². The quantitative estimate of drug-likeness (QED) is 0.259. The lowest BCUT2D eigenvalue weighted by molar-refractivity contribution is -0.204. The van der Waals surface area contributed by atoms with Crippen LogP contribution in [-0.2, 0) is 14.4 Å². The van der Waals surface area contributed by atoms with E-state index in [9.17, 15) is 58.7 Å². The minimum Gasteiger partial charge on any atom is -0.493 e. The number of hydrogen-bond acceptors (Lipinski definition) is 6. The lowest BCUT2D eigenvalue weighted by Crippen LogP contribution is -2.69. The molecule has 4 fully saturated rings. The Morgan fingerprint density at radius 2 is 0.917 bits per heavy atom. The second-order valence-corrected chi connectivity index (χ2v) is 13.3. The van der Waals surface area contributed by atoms with Crippen molar-refractivity contribution in [3.63, 3.8) is 0 Å². The van der Waals surface area contributed by atoms with Gasteiger partial charge in [0, 0.05) is 26.2 Å². The van der Waals surface area contributed by atoms with E-state index >= 15 is 0 Å². The van der Waals surface area contributed by atoms with E-state index < -0.39 is 83.5 Å². The molecule has 0 atom stereocenters. The highest BCUT2D eigenvalue weighted by Gasteiger charge is 2.68. The molecule has 0 aliphatic heterocycles.